The van der Waals surface area contributed by atoms with Gasteiger partial charge in [-0.15, -0.1) is 0 Å². The molecule has 2 atom stereocenters. The second kappa shape index (κ2) is 4.65. The Morgan fingerprint density at radius 2 is 2.23 bits per heavy atom. The number of rotatable bonds is 5. The van der Waals surface area contributed by atoms with Crippen molar-refractivity contribution in [1.29, 1.82) is 0 Å². The molecule has 13 heavy (non-hydrogen) atoms. The fourth-order valence-electron chi connectivity index (χ4n) is 0.935. The first-order valence-electron chi connectivity index (χ1n) is 3.92. The summed E-state index contributed by atoms with van der Waals surface area (Å²) in [5.41, 5.74) is 0. The van der Waals surface area contributed by atoms with Crippen molar-refractivity contribution >= 4 is 22.6 Å². The maximum absolute atomic E-state index is 12.2. The highest BCUT2D eigenvalue weighted by molar-refractivity contribution is 14.1. The molecule has 1 aliphatic carbocycles. The van der Waals surface area contributed by atoms with Crippen LogP contribution in [-0.4, -0.2) is 29.9 Å². The summed E-state index contributed by atoms with van der Waals surface area (Å²) in [5.74, 6) is 0. The standard InChI is InChI=1S/C8H11F2IO2/c1-12-6-5-7(6)13-4-2-3-8(9,10)11/h2-3,6-7H,4-5H2,1H3/b3-2+. The van der Waals surface area contributed by atoms with Gasteiger partial charge in [-0.05, 0) is 6.08 Å². The van der Waals surface area contributed by atoms with E-state index in [1.807, 2.05) is 0 Å². The zero-order valence-electron chi connectivity index (χ0n) is 7.17. The minimum absolute atomic E-state index is 0.0949. The maximum Gasteiger partial charge on any atom is 0.314 e. The van der Waals surface area contributed by atoms with Crippen molar-refractivity contribution in [2.75, 3.05) is 13.7 Å². The van der Waals surface area contributed by atoms with Crippen molar-refractivity contribution in [2.24, 2.45) is 0 Å². The highest BCUT2D eigenvalue weighted by atomic mass is 127. The summed E-state index contributed by atoms with van der Waals surface area (Å²) in [6.45, 7) is 0.225. The predicted octanol–water partition coefficient (Wildman–Crippen LogP) is 2.37. The number of alkyl halides is 3. The van der Waals surface area contributed by atoms with Gasteiger partial charge in [0.1, 0.15) is 0 Å². The van der Waals surface area contributed by atoms with E-state index in [2.05, 4.69) is 0 Å². The summed E-state index contributed by atoms with van der Waals surface area (Å²) in [6.07, 6.45) is 3.28. The summed E-state index contributed by atoms with van der Waals surface area (Å²) in [7, 11) is 1.61. The number of allylic oxidation sites excluding steroid dienone is 1. The van der Waals surface area contributed by atoms with Crippen LogP contribution in [0.3, 0.4) is 0 Å². The lowest BCUT2D eigenvalue weighted by atomic mass is 10.5. The molecule has 0 saturated heterocycles. The van der Waals surface area contributed by atoms with E-state index in [1.165, 1.54) is 6.08 Å². The molecule has 0 aromatic rings. The molecule has 76 valence electrons. The van der Waals surface area contributed by atoms with E-state index < -0.39 is 3.93 Å². The first-order chi connectivity index (χ1) is 6.03. The number of ether oxygens (including phenoxy) is 2. The molecule has 0 radical (unpaired) electrons. The Hall–Kier alpha value is 0.250. The van der Waals surface area contributed by atoms with E-state index in [-0.39, 0.29) is 18.8 Å². The zero-order valence-corrected chi connectivity index (χ0v) is 9.33. The van der Waals surface area contributed by atoms with Crippen LogP contribution in [0.2, 0.25) is 0 Å². The lowest BCUT2D eigenvalue weighted by Gasteiger charge is -2.01. The monoisotopic (exact) mass is 304 g/mol. The van der Waals surface area contributed by atoms with Crippen LogP contribution in [0.1, 0.15) is 6.42 Å². The summed E-state index contributed by atoms with van der Waals surface area (Å²) in [5, 5.41) is 0. The van der Waals surface area contributed by atoms with Crippen molar-refractivity contribution in [3.63, 3.8) is 0 Å². The SMILES string of the molecule is COC1CC1OC/C=C/C(F)(F)I. The molecule has 0 bridgehead atoms. The Labute approximate surface area is 89.4 Å². The van der Waals surface area contributed by atoms with Crippen molar-refractivity contribution in [2.45, 2.75) is 22.6 Å². The third-order valence-corrected chi connectivity index (χ3v) is 2.05. The third-order valence-electron chi connectivity index (χ3n) is 1.69. The Balaban J connectivity index is 2.05. The lowest BCUT2D eigenvalue weighted by molar-refractivity contribution is 0.0791. The van der Waals surface area contributed by atoms with Crippen molar-refractivity contribution < 1.29 is 18.3 Å². The van der Waals surface area contributed by atoms with Crippen molar-refractivity contribution in [3.05, 3.63) is 12.2 Å². The van der Waals surface area contributed by atoms with Crippen LogP contribution in [0.25, 0.3) is 0 Å². The zero-order chi connectivity index (χ0) is 9.90. The molecule has 2 nitrogen and oxygen atoms in total. The normalized spacial score (nSPS) is 28.3. The molecule has 0 aromatic heterocycles. The van der Waals surface area contributed by atoms with Gasteiger partial charge in [0.05, 0.1) is 18.8 Å². The van der Waals surface area contributed by atoms with Crippen molar-refractivity contribution in [1.82, 2.24) is 0 Å². The topological polar surface area (TPSA) is 18.5 Å². The minimum Gasteiger partial charge on any atom is -0.379 e. The fourth-order valence-corrected chi connectivity index (χ4v) is 1.19. The van der Waals surface area contributed by atoms with E-state index in [0.29, 0.717) is 0 Å². The summed E-state index contributed by atoms with van der Waals surface area (Å²) < 4.78 is 31.9. The number of hydrogen-bond donors (Lipinski definition) is 0. The first kappa shape index (κ1) is 11.3. The van der Waals surface area contributed by atoms with Gasteiger partial charge in [0.2, 0.25) is 0 Å². The van der Waals surface area contributed by atoms with Crippen LogP contribution in [0.5, 0.6) is 0 Å². The van der Waals surface area contributed by atoms with Crippen LogP contribution < -0.4 is 0 Å². The summed E-state index contributed by atoms with van der Waals surface area (Å²) in [6, 6.07) is 0. The number of hydrogen-bond acceptors (Lipinski definition) is 2. The van der Waals surface area contributed by atoms with Crippen LogP contribution >= 0.6 is 22.6 Å². The van der Waals surface area contributed by atoms with E-state index >= 15 is 0 Å². The minimum atomic E-state index is -2.77. The Kier molecular flexibility index (Phi) is 4.06. The first-order valence-corrected chi connectivity index (χ1v) is 4.99. The molecule has 1 saturated carbocycles. The highest BCUT2D eigenvalue weighted by Crippen LogP contribution is 2.28. The molecule has 0 heterocycles. The molecule has 0 spiro atoms. The quantitative estimate of drug-likeness (QED) is 0.441. The molecule has 1 aliphatic rings. The van der Waals surface area contributed by atoms with Gasteiger partial charge < -0.3 is 9.47 Å². The van der Waals surface area contributed by atoms with Gasteiger partial charge >= 0.3 is 3.93 Å². The molecular weight excluding hydrogens is 293 g/mol. The Morgan fingerprint density at radius 1 is 1.54 bits per heavy atom. The molecule has 1 rings (SSSR count). The van der Waals surface area contributed by atoms with E-state index in [4.69, 9.17) is 9.47 Å². The van der Waals surface area contributed by atoms with Gasteiger partial charge in [0.25, 0.3) is 0 Å². The van der Waals surface area contributed by atoms with Crippen LogP contribution in [0.4, 0.5) is 8.78 Å². The molecule has 0 amide bonds. The third kappa shape index (κ3) is 4.87. The predicted molar refractivity (Wildman–Crippen MR) is 53.3 cm³/mol. The van der Waals surface area contributed by atoms with Gasteiger partial charge in [-0.2, -0.15) is 8.78 Å². The van der Waals surface area contributed by atoms with Gasteiger partial charge in [-0.3, -0.25) is 0 Å². The number of halogens is 3. The number of methoxy groups -OCH3 is 1. The maximum atomic E-state index is 12.2. The molecule has 0 aromatic carbocycles. The summed E-state index contributed by atoms with van der Waals surface area (Å²) >= 11 is 1.06. The fraction of sp³-hybridized carbons (Fsp3) is 0.750. The Morgan fingerprint density at radius 3 is 2.69 bits per heavy atom. The second-order valence-electron chi connectivity index (χ2n) is 2.83. The van der Waals surface area contributed by atoms with E-state index in [0.717, 1.165) is 35.1 Å². The van der Waals surface area contributed by atoms with Gasteiger partial charge in [-0.1, -0.05) is 6.08 Å². The van der Waals surface area contributed by atoms with Crippen molar-refractivity contribution in [3.8, 4) is 0 Å². The van der Waals surface area contributed by atoms with Crippen LogP contribution in [0.15, 0.2) is 12.2 Å². The smallest absolute Gasteiger partial charge is 0.314 e. The van der Waals surface area contributed by atoms with Gasteiger partial charge in [0.15, 0.2) is 0 Å². The van der Waals surface area contributed by atoms with E-state index in [1.54, 1.807) is 7.11 Å². The Bertz CT molecular complexity index is 191. The molecule has 0 N–H and O–H groups in total. The molecular formula is C8H11F2IO2. The average Bonchev–Trinajstić information content (AvgIpc) is 2.75. The molecule has 1 fully saturated rings. The van der Waals surface area contributed by atoms with Crippen LogP contribution in [-0.2, 0) is 9.47 Å². The molecule has 5 heteroatoms. The second-order valence-corrected chi connectivity index (χ2v) is 4.26. The largest absolute Gasteiger partial charge is 0.379 e. The summed E-state index contributed by atoms with van der Waals surface area (Å²) in [4.78, 5) is 0. The molecule has 0 aliphatic heterocycles. The van der Waals surface area contributed by atoms with E-state index in [9.17, 15) is 8.78 Å². The highest BCUT2D eigenvalue weighted by Gasteiger charge is 2.38. The van der Waals surface area contributed by atoms with Gasteiger partial charge in [-0.25, -0.2) is 0 Å². The lowest BCUT2D eigenvalue weighted by Crippen LogP contribution is -2.03. The average molecular weight is 304 g/mol. The van der Waals surface area contributed by atoms with Crippen LogP contribution in [0, 0.1) is 0 Å². The molecule has 2 unspecified atom stereocenters. The van der Waals surface area contributed by atoms with Gasteiger partial charge in [0, 0.05) is 36.1 Å².